The van der Waals surface area contributed by atoms with E-state index in [0.29, 0.717) is 23.5 Å². The minimum atomic E-state index is -0.469. The zero-order valence-electron chi connectivity index (χ0n) is 9.99. The number of hydrogen-bond acceptors (Lipinski definition) is 5. The highest BCUT2D eigenvalue weighted by atomic mass is 35.5. The maximum absolute atomic E-state index is 13.6. The first-order chi connectivity index (χ1) is 9.20. The minimum Gasteiger partial charge on any atom is -0.406 e. The van der Waals surface area contributed by atoms with Crippen molar-refractivity contribution in [3.8, 4) is 0 Å². The van der Waals surface area contributed by atoms with Crippen LogP contribution in [0, 0.1) is 5.82 Å². The van der Waals surface area contributed by atoms with Gasteiger partial charge < -0.3 is 15.1 Å². The molecule has 0 spiro atoms. The fourth-order valence-corrected chi connectivity index (χ4v) is 1.76. The lowest BCUT2D eigenvalue weighted by molar-refractivity contribution is 0.478. The molecule has 19 heavy (non-hydrogen) atoms. The molecule has 1 aromatic carbocycles. The predicted octanol–water partition coefficient (Wildman–Crippen LogP) is 2.86. The molecule has 5 nitrogen and oxygen atoms in total. The van der Waals surface area contributed by atoms with Crippen molar-refractivity contribution < 1.29 is 8.81 Å². The smallest absolute Gasteiger partial charge is 0.320 e. The van der Waals surface area contributed by atoms with Crippen LogP contribution in [0.3, 0.4) is 0 Å². The quantitative estimate of drug-likeness (QED) is 0.883. The van der Waals surface area contributed by atoms with Gasteiger partial charge in [-0.1, -0.05) is 16.7 Å². The third-order valence-electron chi connectivity index (χ3n) is 2.76. The molecular weight excluding hydrogens is 271 g/mol. The van der Waals surface area contributed by atoms with Gasteiger partial charge in [0.25, 0.3) is 0 Å². The molecule has 1 heterocycles. The highest BCUT2D eigenvalue weighted by molar-refractivity contribution is 6.30. The third kappa shape index (κ3) is 3.21. The van der Waals surface area contributed by atoms with Crippen molar-refractivity contribution in [3.63, 3.8) is 0 Å². The first kappa shape index (κ1) is 12.4. The van der Waals surface area contributed by atoms with Gasteiger partial charge in [0.15, 0.2) is 0 Å². The zero-order chi connectivity index (χ0) is 13.2. The lowest BCUT2D eigenvalue weighted by atomic mass is 10.3. The second-order valence-corrected chi connectivity index (χ2v) is 4.84. The summed E-state index contributed by atoms with van der Waals surface area (Å²) in [5, 5.41) is 14.0. The molecule has 0 unspecified atom stereocenters. The van der Waals surface area contributed by atoms with E-state index in [1.54, 1.807) is 6.07 Å². The van der Waals surface area contributed by atoms with Crippen LogP contribution in [0.25, 0.3) is 0 Å². The van der Waals surface area contributed by atoms with Gasteiger partial charge in [-0.05, 0) is 31.0 Å². The molecule has 2 aromatic rings. The van der Waals surface area contributed by atoms with Crippen molar-refractivity contribution in [1.82, 2.24) is 15.5 Å². The van der Waals surface area contributed by atoms with Gasteiger partial charge in [0.2, 0.25) is 5.89 Å². The Morgan fingerprint density at radius 1 is 1.37 bits per heavy atom. The van der Waals surface area contributed by atoms with Crippen molar-refractivity contribution in [2.24, 2.45) is 0 Å². The van der Waals surface area contributed by atoms with Crippen LogP contribution in [-0.2, 0) is 6.54 Å². The fraction of sp³-hybridized carbons (Fsp3) is 0.333. The number of nitrogens with one attached hydrogen (secondary N) is 2. The summed E-state index contributed by atoms with van der Waals surface area (Å²) in [6, 6.07) is 5.05. The van der Waals surface area contributed by atoms with Crippen LogP contribution in [0.2, 0.25) is 5.02 Å². The monoisotopic (exact) mass is 282 g/mol. The Kier molecular flexibility index (Phi) is 3.35. The Balaban J connectivity index is 1.65. The van der Waals surface area contributed by atoms with Crippen molar-refractivity contribution in [2.45, 2.75) is 25.4 Å². The molecule has 0 amide bonds. The van der Waals surface area contributed by atoms with Crippen LogP contribution >= 0.6 is 11.6 Å². The maximum atomic E-state index is 13.6. The molecule has 3 rings (SSSR count). The molecule has 2 N–H and O–H groups in total. The van der Waals surface area contributed by atoms with E-state index in [1.165, 1.54) is 25.0 Å². The molecule has 1 saturated carbocycles. The van der Waals surface area contributed by atoms with Crippen LogP contribution in [0.15, 0.2) is 22.6 Å². The van der Waals surface area contributed by atoms with Crippen molar-refractivity contribution >= 4 is 23.3 Å². The number of benzene rings is 1. The molecule has 0 saturated heterocycles. The normalized spacial score (nSPS) is 14.6. The number of rotatable bonds is 5. The van der Waals surface area contributed by atoms with Gasteiger partial charge in [-0.25, -0.2) is 4.39 Å². The summed E-state index contributed by atoms with van der Waals surface area (Å²) in [5.74, 6) is 0.00660. The molecule has 7 heteroatoms. The van der Waals surface area contributed by atoms with Crippen molar-refractivity contribution in [1.29, 1.82) is 0 Å². The van der Waals surface area contributed by atoms with Crippen LogP contribution in [-0.4, -0.2) is 16.2 Å². The third-order valence-corrected chi connectivity index (χ3v) is 2.99. The Bertz CT molecular complexity index is 585. The Morgan fingerprint density at radius 2 is 2.21 bits per heavy atom. The standard InChI is InChI=1S/C12H12ClFN4O/c13-7-1-4-10(9(14)5-7)16-12-18-17-11(19-12)6-15-8-2-3-8/h1,4-5,8,15H,2-3,6H2,(H,16,18). The molecule has 0 atom stereocenters. The number of halogens is 2. The van der Waals surface area contributed by atoms with E-state index in [-0.39, 0.29) is 11.7 Å². The van der Waals surface area contributed by atoms with Gasteiger partial charge in [0, 0.05) is 11.1 Å². The van der Waals surface area contributed by atoms with Gasteiger partial charge >= 0.3 is 6.01 Å². The minimum absolute atomic E-state index is 0.161. The van der Waals surface area contributed by atoms with Gasteiger partial charge in [-0.3, -0.25) is 0 Å². The van der Waals surface area contributed by atoms with Gasteiger partial charge in [-0.2, -0.15) is 0 Å². The van der Waals surface area contributed by atoms with Crippen molar-refractivity contribution in [3.05, 3.63) is 34.9 Å². The average Bonchev–Trinajstić information content (AvgIpc) is 3.10. The van der Waals surface area contributed by atoms with E-state index in [1.807, 2.05) is 0 Å². The van der Waals surface area contributed by atoms with Crippen LogP contribution in [0.1, 0.15) is 18.7 Å². The summed E-state index contributed by atoms with van der Waals surface area (Å²) in [5.41, 5.74) is 0.245. The first-order valence-corrected chi connectivity index (χ1v) is 6.36. The van der Waals surface area contributed by atoms with E-state index in [2.05, 4.69) is 20.8 Å². The SMILES string of the molecule is Fc1cc(Cl)ccc1Nc1nnc(CNC2CC2)o1. The molecule has 0 bridgehead atoms. The second-order valence-electron chi connectivity index (χ2n) is 4.41. The van der Waals surface area contributed by atoms with Gasteiger partial charge in [0.05, 0.1) is 12.2 Å². The predicted molar refractivity (Wildman–Crippen MR) is 68.9 cm³/mol. The van der Waals surface area contributed by atoms with Gasteiger partial charge in [-0.15, -0.1) is 5.10 Å². The summed E-state index contributed by atoms with van der Waals surface area (Å²) >= 11 is 5.67. The largest absolute Gasteiger partial charge is 0.406 e. The van der Waals surface area contributed by atoms with Crippen molar-refractivity contribution in [2.75, 3.05) is 5.32 Å². The number of hydrogen-bond donors (Lipinski definition) is 2. The van der Waals surface area contributed by atoms with E-state index >= 15 is 0 Å². The molecule has 1 aliphatic carbocycles. The Hall–Kier alpha value is -1.66. The highest BCUT2D eigenvalue weighted by Crippen LogP contribution is 2.23. The Morgan fingerprint density at radius 3 is 2.95 bits per heavy atom. The molecule has 0 radical (unpaired) electrons. The molecule has 100 valence electrons. The van der Waals surface area contributed by atoms with E-state index in [0.717, 1.165) is 0 Å². The summed E-state index contributed by atoms with van der Waals surface area (Å²) in [4.78, 5) is 0. The number of nitrogens with zero attached hydrogens (tertiary/aromatic N) is 2. The summed E-state index contributed by atoms with van der Waals surface area (Å²) in [7, 11) is 0. The molecule has 1 aliphatic rings. The fourth-order valence-electron chi connectivity index (χ4n) is 1.60. The average molecular weight is 283 g/mol. The molecule has 1 fully saturated rings. The summed E-state index contributed by atoms with van der Waals surface area (Å²) in [6.07, 6.45) is 2.38. The number of aromatic nitrogens is 2. The zero-order valence-corrected chi connectivity index (χ0v) is 10.7. The topological polar surface area (TPSA) is 63.0 Å². The first-order valence-electron chi connectivity index (χ1n) is 5.98. The lowest BCUT2D eigenvalue weighted by Gasteiger charge is -2.02. The lowest BCUT2D eigenvalue weighted by Crippen LogP contribution is -2.15. The van der Waals surface area contributed by atoms with E-state index < -0.39 is 5.82 Å². The van der Waals surface area contributed by atoms with Crippen LogP contribution in [0.4, 0.5) is 16.1 Å². The Labute approximate surface area is 114 Å². The summed E-state index contributed by atoms with van der Waals surface area (Å²) < 4.78 is 18.9. The second kappa shape index (κ2) is 5.14. The van der Waals surface area contributed by atoms with E-state index in [4.69, 9.17) is 16.0 Å². The van der Waals surface area contributed by atoms with Crippen LogP contribution in [0.5, 0.6) is 0 Å². The van der Waals surface area contributed by atoms with Gasteiger partial charge in [0.1, 0.15) is 5.82 Å². The molecule has 1 aromatic heterocycles. The maximum Gasteiger partial charge on any atom is 0.320 e. The molecule has 0 aliphatic heterocycles. The highest BCUT2D eigenvalue weighted by Gasteiger charge is 2.21. The molecular formula is C12H12ClFN4O. The van der Waals surface area contributed by atoms with E-state index in [9.17, 15) is 4.39 Å². The van der Waals surface area contributed by atoms with Crippen LogP contribution < -0.4 is 10.6 Å². The number of anilines is 2. The summed E-state index contributed by atoms with van der Waals surface area (Å²) in [6.45, 7) is 0.530.